The second-order valence-electron chi connectivity index (χ2n) is 10.0. The molecule has 206 valence electrons. The normalized spacial score (nSPS) is 16.5. The number of nitrogens with zero attached hydrogens (tertiary/aromatic N) is 1. The third-order valence-electron chi connectivity index (χ3n) is 6.10. The molecule has 0 aliphatic heterocycles. The van der Waals surface area contributed by atoms with Gasteiger partial charge in [-0.05, 0) is 51.3 Å². The Morgan fingerprint density at radius 1 is 1.24 bits per heavy atom. The molecular weight excluding hydrogens is 551 g/mol. The minimum Gasteiger partial charge on any atom is -0.389 e. The summed E-state index contributed by atoms with van der Waals surface area (Å²) in [5, 5.41) is 12.9. The standard InChI is InChI=1S/C24H31ClF3N3O4S2/c1-14(24(26,27)28)31-37(34,35)16-9-10-18(25)17(12-16)20-19(11-15-7-5-4-6-8-15)30-22(36-20)21(32)29-13-23(2,3)33/h9-10,12,14-15,31,33H,4-8,11,13H2,1-3H3,(H,29,32)/t14-/m0/s1. The third kappa shape index (κ3) is 8.13. The van der Waals surface area contributed by atoms with Crippen molar-refractivity contribution in [2.24, 2.45) is 5.92 Å². The molecule has 37 heavy (non-hydrogen) atoms. The molecule has 1 atom stereocenters. The van der Waals surface area contributed by atoms with Gasteiger partial charge in [-0.2, -0.15) is 17.9 Å². The first-order valence-corrected chi connectivity index (χ1v) is 14.6. The molecule has 1 fully saturated rings. The number of hydrogen-bond donors (Lipinski definition) is 3. The summed E-state index contributed by atoms with van der Waals surface area (Å²) in [5.74, 6) is -0.161. The van der Waals surface area contributed by atoms with Crippen LogP contribution in [0.3, 0.4) is 0 Å². The van der Waals surface area contributed by atoms with Crippen molar-refractivity contribution < 1.29 is 31.5 Å². The Bertz CT molecular complexity index is 1220. The van der Waals surface area contributed by atoms with E-state index < -0.39 is 33.7 Å². The Balaban J connectivity index is 2.01. The van der Waals surface area contributed by atoms with Crippen molar-refractivity contribution in [2.75, 3.05) is 6.54 Å². The predicted molar refractivity (Wildman–Crippen MR) is 137 cm³/mol. The lowest BCUT2D eigenvalue weighted by atomic mass is 9.85. The van der Waals surface area contributed by atoms with Crippen LogP contribution in [0.5, 0.6) is 0 Å². The maximum atomic E-state index is 13.0. The molecule has 13 heteroatoms. The van der Waals surface area contributed by atoms with Gasteiger partial charge in [0.05, 0.1) is 21.1 Å². The number of aromatic nitrogens is 1. The van der Waals surface area contributed by atoms with E-state index >= 15 is 0 Å². The molecule has 1 aliphatic rings. The molecule has 7 nitrogen and oxygen atoms in total. The summed E-state index contributed by atoms with van der Waals surface area (Å²) in [6.45, 7) is 3.82. The molecule has 0 saturated heterocycles. The molecule has 0 radical (unpaired) electrons. The number of carbonyl (C=O) groups is 1. The van der Waals surface area contributed by atoms with Crippen LogP contribution in [0.4, 0.5) is 13.2 Å². The summed E-state index contributed by atoms with van der Waals surface area (Å²) >= 11 is 7.46. The van der Waals surface area contributed by atoms with Crippen LogP contribution in [0.25, 0.3) is 10.4 Å². The van der Waals surface area contributed by atoms with Gasteiger partial charge in [0.25, 0.3) is 5.91 Å². The number of rotatable bonds is 9. The van der Waals surface area contributed by atoms with E-state index in [1.807, 2.05) is 0 Å². The van der Waals surface area contributed by atoms with Crippen LogP contribution in [0.1, 0.15) is 68.4 Å². The largest absolute Gasteiger partial charge is 0.404 e. The van der Waals surface area contributed by atoms with Gasteiger partial charge in [0.1, 0.15) is 6.04 Å². The zero-order chi connectivity index (χ0) is 27.6. The lowest BCUT2D eigenvalue weighted by Crippen LogP contribution is -2.42. The average Bonchev–Trinajstić information content (AvgIpc) is 3.20. The highest BCUT2D eigenvalue weighted by Gasteiger charge is 2.39. The van der Waals surface area contributed by atoms with Gasteiger partial charge < -0.3 is 10.4 Å². The van der Waals surface area contributed by atoms with E-state index in [0.717, 1.165) is 56.4 Å². The van der Waals surface area contributed by atoms with E-state index in [1.54, 1.807) is 18.6 Å². The van der Waals surface area contributed by atoms with Gasteiger partial charge >= 0.3 is 6.18 Å². The second-order valence-corrected chi connectivity index (χ2v) is 13.1. The van der Waals surface area contributed by atoms with Crippen molar-refractivity contribution in [3.8, 4) is 10.4 Å². The number of hydrogen-bond acceptors (Lipinski definition) is 6. The Labute approximate surface area is 223 Å². The first-order valence-electron chi connectivity index (χ1n) is 12.0. The van der Waals surface area contributed by atoms with Crippen LogP contribution >= 0.6 is 22.9 Å². The monoisotopic (exact) mass is 581 g/mol. The third-order valence-corrected chi connectivity index (χ3v) is 9.09. The number of sulfonamides is 1. The van der Waals surface area contributed by atoms with Gasteiger partial charge in [-0.15, -0.1) is 11.3 Å². The summed E-state index contributed by atoms with van der Waals surface area (Å²) < 4.78 is 66.1. The fourth-order valence-corrected chi connectivity index (χ4v) is 6.61. The maximum absolute atomic E-state index is 13.0. The minimum atomic E-state index is -4.75. The molecule has 1 heterocycles. The van der Waals surface area contributed by atoms with Crippen LogP contribution in [0, 0.1) is 5.92 Å². The van der Waals surface area contributed by atoms with Gasteiger partial charge in [0, 0.05) is 17.1 Å². The number of carbonyl (C=O) groups excluding carboxylic acids is 1. The molecule has 1 aliphatic carbocycles. The molecule has 3 N–H and O–H groups in total. The fourth-order valence-electron chi connectivity index (χ4n) is 4.05. The molecule has 1 amide bonds. The van der Waals surface area contributed by atoms with Crippen molar-refractivity contribution in [3.63, 3.8) is 0 Å². The topological polar surface area (TPSA) is 108 Å². The first-order chi connectivity index (χ1) is 17.1. The highest BCUT2D eigenvalue weighted by Crippen LogP contribution is 2.39. The zero-order valence-corrected chi connectivity index (χ0v) is 23.2. The molecule has 1 saturated carbocycles. The second kappa shape index (κ2) is 11.6. The van der Waals surface area contributed by atoms with Crippen LogP contribution in [0.2, 0.25) is 5.02 Å². The van der Waals surface area contributed by atoms with Crippen molar-refractivity contribution in [3.05, 3.63) is 33.9 Å². The Morgan fingerprint density at radius 3 is 2.49 bits per heavy atom. The van der Waals surface area contributed by atoms with Crippen molar-refractivity contribution >= 4 is 38.9 Å². The highest BCUT2D eigenvalue weighted by molar-refractivity contribution is 7.89. The van der Waals surface area contributed by atoms with Crippen molar-refractivity contribution in [1.29, 1.82) is 0 Å². The van der Waals surface area contributed by atoms with Gasteiger partial charge in [-0.3, -0.25) is 4.79 Å². The lowest BCUT2D eigenvalue weighted by molar-refractivity contribution is -0.147. The smallest absolute Gasteiger partial charge is 0.389 e. The summed E-state index contributed by atoms with van der Waals surface area (Å²) in [5.41, 5.74) is -0.278. The SMILES string of the molecule is C[C@H](NS(=O)(=O)c1ccc(Cl)c(-c2sc(C(=O)NCC(C)(C)O)nc2CC2CCCCC2)c1)C(F)(F)F. The minimum absolute atomic E-state index is 0.00372. The number of alkyl halides is 3. The van der Waals surface area contributed by atoms with Crippen molar-refractivity contribution in [2.45, 2.75) is 82.0 Å². The summed E-state index contributed by atoms with van der Waals surface area (Å²) in [6, 6.07) is 1.37. The number of nitrogens with one attached hydrogen (secondary N) is 2. The Kier molecular flexibility index (Phi) is 9.32. The molecule has 0 bridgehead atoms. The van der Waals surface area contributed by atoms with E-state index in [0.29, 0.717) is 22.9 Å². The summed E-state index contributed by atoms with van der Waals surface area (Å²) in [4.78, 5) is 17.4. The quantitative estimate of drug-likeness (QED) is 0.372. The maximum Gasteiger partial charge on any atom is 0.404 e. The van der Waals surface area contributed by atoms with Crippen LogP contribution in [0.15, 0.2) is 23.1 Å². The molecule has 3 rings (SSSR count). The van der Waals surface area contributed by atoms with Crippen LogP contribution in [-0.2, 0) is 16.4 Å². The number of amides is 1. The summed E-state index contributed by atoms with van der Waals surface area (Å²) in [6.07, 6.45) is 1.12. The predicted octanol–water partition coefficient (Wildman–Crippen LogP) is 5.32. The number of aliphatic hydroxyl groups is 1. The van der Waals surface area contributed by atoms with Gasteiger partial charge in [-0.1, -0.05) is 43.7 Å². The van der Waals surface area contributed by atoms with E-state index in [2.05, 4.69) is 10.3 Å². The average molecular weight is 582 g/mol. The van der Waals surface area contributed by atoms with E-state index in [4.69, 9.17) is 11.6 Å². The van der Waals surface area contributed by atoms with E-state index in [9.17, 15) is 31.5 Å². The molecule has 0 spiro atoms. The van der Waals surface area contributed by atoms with Crippen molar-refractivity contribution in [1.82, 2.24) is 15.0 Å². The Morgan fingerprint density at radius 2 is 1.89 bits per heavy atom. The molecular formula is C24H31ClF3N3O4S2. The number of halogens is 4. The van der Waals surface area contributed by atoms with E-state index in [-0.39, 0.29) is 27.0 Å². The fraction of sp³-hybridized carbons (Fsp3) is 0.583. The number of benzene rings is 1. The zero-order valence-electron chi connectivity index (χ0n) is 20.8. The van der Waals surface area contributed by atoms with Gasteiger partial charge in [-0.25, -0.2) is 13.4 Å². The van der Waals surface area contributed by atoms with Gasteiger partial charge in [0.15, 0.2) is 5.01 Å². The number of thiazole rings is 1. The van der Waals surface area contributed by atoms with Crippen LogP contribution in [-0.4, -0.2) is 48.8 Å². The summed E-state index contributed by atoms with van der Waals surface area (Å²) in [7, 11) is -4.52. The molecule has 0 unspecified atom stereocenters. The van der Waals surface area contributed by atoms with Crippen LogP contribution < -0.4 is 10.0 Å². The first kappa shape index (κ1) is 29.8. The lowest BCUT2D eigenvalue weighted by Gasteiger charge is -2.21. The molecule has 1 aromatic carbocycles. The van der Waals surface area contributed by atoms with Gasteiger partial charge in [0.2, 0.25) is 10.0 Å². The molecule has 2 aromatic rings. The molecule has 1 aromatic heterocycles. The Hall–Kier alpha value is -1.73. The van der Waals surface area contributed by atoms with E-state index in [1.165, 1.54) is 12.1 Å². The highest BCUT2D eigenvalue weighted by atomic mass is 35.5.